The predicted molar refractivity (Wildman–Crippen MR) is 99.7 cm³/mol. The molecule has 1 unspecified atom stereocenters. The molecular weight excluding hydrogens is 316 g/mol. The van der Waals surface area contributed by atoms with Crippen molar-refractivity contribution < 1.29 is 14.6 Å². The number of likely N-dealkylation sites (tertiary alicyclic amines) is 1. The molecule has 25 heavy (non-hydrogen) atoms. The van der Waals surface area contributed by atoms with Gasteiger partial charge in [-0.25, -0.2) is 0 Å². The van der Waals surface area contributed by atoms with Crippen molar-refractivity contribution in [1.82, 2.24) is 4.90 Å². The number of carbonyl (C=O) groups excluding carboxylic acids is 1. The summed E-state index contributed by atoms with van der Waals surface area (Å²) in [6.45, 7) is 2.87. The van der Waals surface area contributed by atoms with Crippen LogP contribution in [0.25, 0.3) is 0 Å². The van der Waals surface area contributed by atoms with Crippen LogP contribution < -0.4 is 10.5 Å². The summed E-state index contributed by atoms with van der Waals surface area (Å²) < 4.78 is 5.05. The third-order valence-corrected chi connectivity index (χ3v) is 4.39. The summed E-state index contributed by atoms with van der Waals surface area (Å²) in [5.41, 5.74) is 8.53. The van der Waals surface area contributed by atoms with Gasteiger partial charge in [0.05, 0.1) is 7.11 Å². The summed E-state index contributed by atoms with van der Waals surface area (Å²) in [5.74, 6) is 0.541. The summed E-state index contributed by atoms with van der Waals surface area (Å²) in [7, 11) is 3.30. The highest BCUT2D eigenvalue weighted by Gasteiger charge is 2.29. The Morgan fingerprint density at radius 2 is 1.96 bits per heavy atom. The quantitative estimate of drug-likeness (QED) is 0.841. The van der Waals surface area contributed by atoms with Crippen molar-refractivity contribution >= 4 is 11.6 Å². The van der Waals surface area contributed by atoms with Crippen LogP contribution in [0.15, 0.2) is 42.5 Å². The van der Waals surface area contributed by atoms with Gasteiger partial charge in [-0.15, -0.1) is 0 Å². The number of hydrogen-bond donors (Lipinski definition) is 2. The molecule has 0 aliphatic carbocycles. The molecule has 5 heteroatoms. The molecule has 5 nitrogen and oxygen atoms in total. The number of hydrogen-bond acceptors (Lipinski definition) is 4. The second-order valence-electron chi connectivity index (χ2n) is 6.33. The first-order chi connectivity index (χ1) is 11.9. The number of rotatable bonds is 3. The van der Waals surface area contributed by atoms with Gasteiger partial charge in [-0.05, 0) is 31.4 Å². The molecule has 0 saturated carbocycles. The lowest BCUT2D eigenvalue weighted by Crippen LogP contribution is -2.23. The fraction of sp³-hybridized carbons (Fsp3) is 0.350. The largest absolute Gasteiger partial charge is 0.504 e. The molecule has 1 aliphatic rings. The fourth-order valence-corrected chi connectivity index (χ4v) is 2.85. The Balaban J connectivity index is 0.000000269. The van der Waals surface area contributed by atoms with Gasteiger partial charge in [0, 0.05) is 31.3 Å². The Morgan fingerprint density at radius 1 is 1.28 bits per heavy atom. The molecule has 2 aromatic carbocycles. The van der Waals surface area contributed by atoms with E-state index in [-0.39, 0.29) is 17.6 Å². The van der Waals surface area contributed by atoms with E-state index in [1.54, 1.807) is 11.0 Å². The van der Waals surface area contributed by atoms with Crippen LogP contribution >= 0.6 is 0 Å². The smallest absolute Gasteiger partial charge is 0.225 e. The normalized spacial score (nSPS) is 16.4. The molecule has 1 atom stereocenters. The van der Waals surface area contributed by atoms with Crippen molar-refractivity contribution in [2.24, 2.45) is 5.92 Å². The monoisotopic (exact) mass is 342 g/mol. The van der Waals surface area contributed by atoms with Gasteiger partial charge in [0.1, 0.15) is 0 Å². The first-order valence-electron chi connectivity index (χ1n) is 8.34. The molecule has 3 rings (SSSR count). The number of nitrogens with two attached hydrogens (primary N) is 1. The SMILES string of the molecule is COc1cc(CC2CCN(C)C2=O)c(N)cc1O.Cc1ccccc1. The molecule has 0 aromatic heterocycles. The second-order valence-corrected chi connectivity index (χ2v) is 6.33. The summed E-state index contributed by atoms with van der Waals surface area (Å²) >= 11 is 0. The molecule has 2 aromatic rings. The molecule has 1 fully saturated rings. The average molecular weight is 342 g/mol. The van der Waals surface area contributed by atoms with Crippen molar-refractivity contribution in [3.8, 4) is 11.5 Å². The highest BCUT2D eigenvalue weighted by Crippen LogP contribution is 2.33. The van der Waals surface area contributed by atoms with Crippen LogP contribution in [0.5, 0.6) is 11.5 Å². The Labute approximate surface area is 149 Å². The highest BCUT2D eigenvalue weighted by atomic mass is 16.5. The lowest BCUT2D eigenvalue weighted by molar-refractivity contribution is -0.129. The molecule has 0 spiro atoms. The first kappa shape index (κ1) is 18.6. The predicted octanol–water partition coefficient (Wildman–Crippen LogP) is 3.00. The minimum Gasteiger partial charge on any atom is -0.504 e. The van der Waals surface area contributed by atoms with E-state index in [0.29, 0.717) is 17.9 Å². The maximum absolute atomic E-state index is 11.8. The van der Waals surface area contributed by atoms with Crippen molar-refractivity contribution in [2.45, 2.75) is 19.8 Å². The lowest BCUT2D eigenvalue weighted by Gasteiger charge is -2.13. The van der Waals surface area contributed by atoms with E-state index in [9.17, 15) is 9.90 Å². The second kappa shape index (κ2) is 8.42. The summed E-state index contributed by atoms with van der Waals surface area (Å²) in [4.78, 5) is 13.6. The van der Waals surface area contributed by atoms with E-state index in [0.717, 1.165) is 18.5 Å². The fourth-order valence-electron chi connectivity index (χ4n) is 2.85. The van der Waals surface area contributed by atoms with E-state index >= 15 is 0 Å². The van der Waals surface area contributed by atoms with E-state index in [2.05, 4.69) is 19.1 Å². The van der Waals surface area contributed by atoms with Gasteiger partial charge in [-0.3, -0.25) is 4.79 Å². The van der Waals surface area contributed by atoms with Crippen molar-refractivity contribution in [3.05, 3.63) is 53.6 Å². The highest BCUT2D eigenvalue weighted by molar-refractivity contribution is 5.81. The summed E-state index contributed by atoms with van der Waals surface area (Å²) in [6, 6.07) is 13.4. The van der Waals surface area contributed by atoms with Gasteiger partial charge >= 0.3 is 0 Å². The minimum atomic E-state index is -0.0217. The molecule has 1 saturated heterocycles. The maximum Gasteiger partial charge on any atom is 0.225 e. The number of phenols is 1. The van der Waals surface area contributed by atoms with Gasteiger partial charge in [0.2, 0.25) is 5.91 Å². The third kappa shape index (κ3) is 4.89. The lowest BCUT2D eigenvalue weighted by atomic mass is 9.96. The van der Waals surface area contributed by atoms with Crippen LogP contribution in [-0.2, 0) is 11.2 Å². The number of methoxy groups -OCH3 is 1. The molecule has 1 aliphatic heterocycles. The number of nitrogen functional groups attached to an aromatic ring is 1. The van der Waals surface area contributed by atoms with Gasteiger partial charge in [-0.2, -0.15) is 0 Å². The zero-order valence-corrected chi connectivity index (χ0v) is 15.0. The van der Waals surface area contributed by atoms with Crippen molar-refractivity contribution in [1.29, 1.82) is 0 Å². The number of phenolic OH excluding ortho intramolecular Hbond substituents is 1. The van der Waals surface area contributed by atoms with Gasteiger partial charge in [0.15, 0.2) is 11.5 Å². The van der Waals surface area contributed by atoms with Gasteiger partial charge < -0.3 is 20.5 Å². The summed E-state index contributed by atoms with van der Waals surface area (Å²) in [6.07, 6.45) is 1.43. The number of carbonyl (C=O) groups is 1. The number of ether oxygens (including phenoxy) is 1. The van der Waals surface area contributed by atoms with E-state index in [1.807, 2.05) is 25.2 Å². The Hall–Kier alpha value is -2.69. The molecule has 134 valence electrons. The number of aryl methyl sites for hydroxylation is 1. The van der Waals surface area contributed by atoms with Crippen LogP contribution in [0.1, 0.15) is 17.5 Å². The Kier molecular flexibility index (Phi) is 6.28. The molecule has 0 bridgehead atoms. The van der Waals surface area contributed by atoms with Gasteiger partial charge in [0.25, 0.3) is 0 Å². The number of nitrogens with zero attached hydrogens (tertiary/aromatic N) is 1. The zero-order valence-electron chi connectivity index (χ0n) is 15.0. The van der Waals surface area contributed by atoms with Crippen molar-refractivity contribution in [2.75, 3.05) is 26.4 Å². The molecule has 0 radical (unpaired) electrons. The van der Waals surface area contributed by atoms with Crippen LogP contribution in [0.4, 0.5) is 5.69 Å². The van der Waals surface area contributed by atoms with E-state index in [4.69, 9.17) is 10.5 Å². The van der Waals surface area contributed by atoms with Crippen LogP contribution in [0.2, 0.25) is 0 Å². The maximum atomic E-state index is 11.8. The van der Waals surface area contributed by atoms with Crippen LogP contribution in [0, 0.1) is 12.8 Å². The standard InChI is InChI=1S/C13H18N2O3.C7H8/c1-15-4-3-8(13(15)17)5-9-6-12(18-2)11(16)7-10(9)14;1-7-5-3-2-4-6-7/h6-8,16H,3-5,14H2,1-2H3;2-6H,1H3. The number of anilines is 1. The minimum absolute atomic E-state index is 0.0217. The van der Waals surface area contributed by atoms with Crippen LogP contribution in [-0.4, -0.2) is 36.6 Å². The Morgan fingerprint density at radius 3 is 2.44 bits per heavy atom. The third-order valence-electron chi connectivity index (χ3n) is 4.39. The number of aromatic hydroxyl groups is 1. The molecule has 3 N–H and O–H groups in total. The van der Waals surface area contributed by atoms with Crippen LogP contribution in [0.3, 0.4) is 0 Å². The average Bonchev–Trinajstić information content (AvgIpc) is 2.90. The molecular formula is C20H26N2O3. The summed E-state index contributed by atoms with van der Waals surface area (Å²) in [5, 5.41) is 9.59. The Bertz CT molecular complexity index is 716. The molecule has 1 amide bonds. The molecule has 1 heterocycles. The number of benzene rings is 2. The van der Waals surface area contributed by atoms with E-state index in [1.165, 1.54) is 18.7 Å². The van der Waals surface area contributed by atoms with E-state index < -0.39 is 0 Å². The van der Waals surface area contributed by atoms with Crippen molar-refractivity contribution in [3.63, 3.8) is 0 Å². The first-order valence-corrected chi connectivity index (χ1v) is 8.34. The number of amides is 1. The topological polar surface area (TPSA) is 75.8 Å². The zero-order chi connectivity index (χ0) is 18.4. The van der Waals surface area contributed by atoms with Gasteiger partial charge in [-0.1, -0.05) is 35.9 Å².